The van der Waals surface area contributed by atoms with Gasteiger partial charge in [0.1, 0.15) is 12.4 Å². The van der Waals surface area contributed by atoms with Gasteiger partial charge in [0.05, 0.1) is 0 Å². The van der Waals surface area contributed by atoms with Crippen LogP contribution in [0.5, 0.6) is 5.75 Å². The van der Waals surface area contributed by atoms with Crippen molar-refractivity contribution < 1.29 is 9.53 Å². The third-order valence-corrected chi connectivity index (χ3v) is 8.55. The number of likely N-dealkylation sites (tertiary alicyclic amines) is 2. The molecule has 0 N–H and O–H groups in total. The van der Waals surface area contributed by atoms with Crippen molar-refractivity contribution >= 4 is 29.9 Å². The highest BCUT2D eigenvalue weighted by molar-refractivity contribution is 6.31. The fourth-order valence-corrected chi connectivity index (χ4v) is 6.34. The molecule has 2 aromatic carbocycles. The lowest BCUT2D eigenvalue weighted by molar-refractivity contribution is -0.133. The molecule has 2 saturated heterocycles. The second kappa shape index (κ2) is 13.2. The quantitative estimate of drug-likeness (QED) is 0.367. The van der Waals surface area contributed by atoms with Gasteiger partial charge in [-0.3, -0.25) is 9.69 Å². The molecule has 4 nitrogen and oxygen atoms in total. The molecule has 1 aliphatic carbocycles. The van der Waals surface area contributed by atoms with Crippen LogP contribution in [-0.2, 0) is 11.2 Å². The van der Waals surface area contributed by atoms with Crippen molar-refractivity contribution in [1.82, 2.24) is 9.80 Å². The molecule has 3 fully saturated rings. The Morgan fingerprint density at radius 3 is 2.25 bits per heavy atom. The molecule has 1 atom stereocenters. The molecule has 1 unspecified atom stereocenters. The van der Waals surface area contributed by atoms with Crippen LogP contribution >= 0.6 is 24.0 Å². The number of hydrogen-bond donors (Lipinski definition) is 0. The monoisotopic (exact) mass is 530 g/mol. The maximum Gasteiger partial charge on any atom is 0.226 e. The summed E-state index contributed by atoms with van der Waals surface area (Å²) in [7, 11) is 0. The second-order valence-electron chi connectivity index (χ2n) is 10.6. The molecule has 36 heavy (non-hydrogen) atoms. The lowest BCUT2D eigenvalue weighted by atomic mass is 9.93. The topological polar surface area (TPSA) is 32.8 Å². The zero-order valence-corrected chi connectivity index (χ0v) is 22.9. The van der Waals surface area contributed by atoms with E-state index in [9.17, 15) is 4.79 Å². The summed E-state index contributed by atoms with van der Waals surface area (Å²) in [5.41, 5.74) is 3.30. The molecule has 0 bridgehead atoms. The Morgan fingerprint density at radius 1 is 0.833 bits per heavy atom. The van der Waals surface area contributed by atoms with Crippen molar-refractivity contribution in [2.45, 2.75) is 70.3 Å². The number of carbonyl (C=O) groups excluding carboxylic acids is 1. The largest absolute Gasteiger partial charge is 0.492 e. The summed E-state index contributed by atoms with van der Waals surface area (Å²) >= 11 is 6.71. The first-order valence-electron chi connectivity index (χ1n) is 13.7. The molecular weight excluding hydrogens is 491 g/mol. The zero-order chi connectivity index (χ0) is 24.0. The average Bonchev–Trinajstić information content (AvgIpc) is 3.26. The van der Waals surface area contributed by atoms with Crippen LogP contribution in [-0.4, -0.2) is 54.5 Å². The van der Waals surface area contributed by atoms with E-state index in [1.54, 1.807) is 0 Å². The molecule has 2 aromatic rings. The Hall–Kier alpha value is -1.75. The number of benzene rings is 2. The SMILES string of the molecule is Cl.O=C1C(Cc2ccc(-c3ccc(OCCN4CCCCC4)cc3)cc2Cl)CCN1C1CCCCC1. The minimum Gasteiger partial charge on any atom is -0.492 e. The van der Waals surface area contributed by atoms with Crippen LogP contribution in [0.15, 0.2) is 42.5 Å². The molecule has 5 rings (SSSR count). The van der Waals surface area contributed by atoms with Gasteiger partial charge in [-0.05, 0) is 86.5 Å². The third kappa shape index (κ3) is 6.76. The minimum atomic E-state index is 0. The molecule has 0 aromatic heterocycles. The van der Waals surface area contributed by atoms with Crippen molar-refractivity contribution in [2.75, 3.05) is 32.8 Å². The van der Waals surface area contributed by atoms with Gasteiger partial charge in [-0.2, -0.15) is 0 Å². The number of hydrogen-bond acceptors (Lipinski definition) is 3. The summed E-state index contributed by atoms with van der Waals surface area (Å²) in [4.78, 5) is 17.7. The molecule has 1 saturated carbocycles. The van der Waals surface area contributed by atoms with E-state index in [2.05, 4.69) is 34.1 Å². The van der Waals surface area contributed by atoms with E-state index in [1.807, 2.05) is 18.2 Å². The highest BCUT2D eigenvalue weighted by Crippen LogP contribution is 2.33. The van der Waals surface area contributed by atoms with Gasteiger partial charge in [-0.1, -0.05) is 61.5 Å². The van der Waals surface area contributed by atoms with Crippen molar-refractivity contribution in [2.24, 2.45) is 5.92 Å². The maximum atomic E-state index is 13.1. The highest BCUT2D eigenvalue weighted by atomic mass is 35.5. The molecule has 196 valence electrons. The van der Waals surface area contributed by atoms with Gasteiger partial charge >= 0.3 is 0 Å². The van der Waals surface area contributed by atoms with Crippen LogP contribution in [0.3, 0.4) is 0 Å². The van der Waals surface area contributed by atoms with Gasteiger partial charge in [-0.15, -0.1) is 12.4 Å². The van der Waals surface area contributed by atoms with E-state index < -0.39 is 0 Å². The van der Waals surface area contributed by atoms with E-state index in [-0.39, 0.29) is 18.3 Å². The third-order valence-electron chi connectivity index (χ3n) is 8.20. The normalized spacial score (nSPS) is 21.4. The number of piperidine rings is 1. The van der Waals surface area contributed by atoms with Gasteiger partial charge in [0.25, 0.3) is 0 Å². The summed E-state index contributed by atoms with van der Waals surface area (Å²) in [5, 5.41) is 0.758. The molecule has 2 aliphatic heterocycles. The predicted molar refractivity (Wildman–Crippen MR) is 150 cm³/mol. The summed E-state index contributed by atoms with van der Waals surface area (Å²) in [6.07, 6.45) is 11.9. The van der Waals surface area contributed by atoms with Crippen molar-refractivity contribution in [3.05, 3.63) is 53.1 Å². The van der Waals surface area contributed by atoms with Gasteiger partial charge in [0.15, 0.2) is 0 Å². The fourth-order valence-electron chi connectivity index (χ4n) is 6.08. The molecule has 2 heterocycles. The predicted octanol–water partition coefficient (Wildman–Crippen LogP) is 7.02. The number of amides is 1. The van der Waals surface area contributed by atoms with E-state index in [4.69, 9.17) is 16.3 Å². The maximum absolute atomic E-state index is 13.1. The molecular formula is C30H40Cl2N2O2. The van der Waals surface area contributed by atoms with E-state index in [1.165, 1.54) is 64.5 Å². The van der Waals surface area contributed by atoms with E-state index >= 15 is 0 Å². The van der Waals surface area contributed by atoms with Gasteiger partial charge in [-0.25, -0.2) is 0 Å². The lowest BCUT2D eigenvalue weighted by Crippen LogP contribution is -2.39. The number of halogens is 2. The molecule has 0 spiro atoms. The molecule has 1 amide bonds. The van der Waals surface area contributed by atoms with Crippen molar-refractivity contribution in [3.63, 3.8) is 0 Å². The van der Waals surface area contributed by atoms with Crippen LogP contribution in [0.2, 0.25) is 5.02 Å². The molecule has 3 aliphatic rings. The van der Waals surface area contributed by atoms with E-state index in [0.717, 1.165) is 60.0 Å². The van der Waals surface area contributed by atoms with Crippen LogP contribution < -0.4 is 4.74 Å². The Bertz CT molecular complexity index is 985. The highest BCUT2D eigenvalue weighted by Gasteiger charge is 2.36. The Balaban J connectivity index is 0.00000304. The molecule has 0 radical (unpaired) electrons. The van der Waals surface area contributed by atoms with Crippen LogP contribution in [0.4, 0.5) is 0 Å². The Kier molecular flexibility index (Phi) is 9.98. The van der Waals surface area contributed by atoms with Crippen molar-refractivity contribution in [1.29, 1.82) is 0 Å². The van der Waals surface area contributed by atoms with Crippen molar-refractivity contribution in [3.8, 4) is 16.9 Å². The summed E-state index contributed by atoms with van der Waals surface area (Å²) in [6, 6.07) is 15.0. The van der Waals surface area contributed by atoms with Crippen LogP contribution in [0, 0.1) is 5.92 Å². The standard InChI is InChI=1S/C30H39ClN2O2.ClH/c31-29-22-24(23-11-13-28(14-12-23)35-20-19-32-16-5-2-6-17-32)9-10-25(29)21-26-15-18-33(30(26)34)27-7-3-1-4-8-27;/h9-14,22,26-27H,1-8,15-21H2;1H. The fraction of sp³-hybridized carbons (Fsp3) is 0.567. The van der Waals surface area contributed by atoms with Crippen LogP contribution in [0.1, 0.15) is 63.4 Å². The molecule has 6 heteroatoms. The minimum absolute atomic E-state index is 0. The first kappa shape index (κ1) is 27.3. The second-order valence-corrected chi connectivity index (χ2v) is 11.0. The summed E-state index contributed by atoms with van der Waals surface area (Å²) in [6.45, 7) is 5.05. The Morgan fingerprint density at radius 2 is 1.53 bits per heavy atom. The van der Waals surface area contributed by atoms with Crippen LogP contribution in [0.25, 0.3) is 11.1 Å². The summed E-state index contributed by atoms with van der Waals surface area (Å²) in [5.74, 6) is 1.32. The lowest BCUT2D eigenvalue weighted by Gasteiger charge is -2.31. The number of rotatable bonds is 8. The number of nitrogens with zero attached hydrogens (tertiary/aromatic N) is 2. The Labute approximate surface area is 227 Å². The van der Waals surface area contributed by atoms with E-state index in [0.29, 0.717) is 11.9 Å². The smallest absolute Gasteiger partial charge is 0.226 e. The summed E-state index contributed by atoms with van der Waals surface area (Å²) < 4.78 is 5.98. The average molecular weight is 532 g/mol. The number of carbonyl (C=O) groups is 1. The van der Waals surface area contributed by atoms with Gasteiger partial charge < -0.3 is 9.64 Å². The van der Waals surface area contributed by atoms with Gasteiger partial charge in [0.2, 0.25) is 5.91 Å². The first-order chi connectivity index (χ1) is 17.2. The first-order valence-corrected chi connectivity index (χ1v) is 14.1. The zero-order valence-electron chi connectivity index (χ0n) is 21.3. The number of ether oxygens (including phenoxy) is 1. The van der Waals surface area contributed by atoms with Gasteiger partial charge in [0, 0.05) is 30.1 Å².